The molecule has 1 aliphatic heterocycles. The highest BCUT2D eigenvalue weighted by molar-refractivity contribution is 5.79. The molecule has 1 saturated heterocycles. The van der Waals surface area contributed by atoms with E-state index in [1.165, 1.54) is 0 Å². The topological polar surface area (TPSA) is 56.0 Å². The lowest BCUT2D eigenvalue weighted by molar-refractivity contribution is -0.132. The summed E-state index contributed by atoms with van der Waals surface area (Å²) in [5.41, 5.74) is 3.10. The number of piperidine rings is 1. The van der Waals surface area contributed by atoms with E-state index in [-0.39, 0.29) is 5.91 Å². The number of likely N-dealkylation sites (tertiary alicyclic amines) is 1. The minimum Gasteiger partial charge on any atom is -0.340 e. The Labute approximate surface area is 130 Å². The number of hydrogen-bond acceptors (Lipinski definition) is 3. The van der Waals surface area contributed by atoms with Crippen LogP contribution >= 0.6 is 0 Å². The summed E-state index contributed by atoms with van der Waals surface area (Å²) in [6.07, 6.45) is 8.21. The molecule has 2 aromatic heterocycles. The van der Waals surface area contributed by atoms with Crippen molar-refractivity contribution in [2.75, 3.05) is 13.1 Å². The van der Waals surface area contributed by atoms with Gasteiger partial charge in [-0.25, -0.2) is 4.98 Å². The Morgan fingerprint density at radius 3 is 2.86 bits per heavy atom. The van der Waals surface area contributed by atoms with Gasteiger partial charge in [0.15, 0.2) is 0 Å². The van der Waals surface area contributed by atoms with E-state index in [4.69, 9.17) is 0 Å². The Hall–Kier alpha value is -2.11. The highest BCUT2D eigenvalue weighted by Gasteiger charge is 2.25. The average molecular weight is 301 g/mol. The van der Waals surface area contributed by atoms with E-state index in [0.29, 0.717) is 12.5 Å². The lowest BCUT2D eigenvalue weighted by atomic mass is 10.0. The van der Waals surface area contributed by atoms with Crippen molar-refractivity contribution < 1.29 is 4.79 Å². The van der Waals surface area contributed by atoms with E-state index in [1.807, 2.05) is 43.0 Å². The van der Waals surface area contributed by atoms with Crippen molar-refractivity contribution in [3.8, 4) is 0 Å². The van der Waals surface area contributed by atoms with Crippen molar-refractivity contribution in [3.05, 3.63) is 35.7 Å². The largest absolute Gasteiger partial charge is 0.340 e. The first-order chi connectivity index (χ1) is 10.6. The molecule has 22 heavy (non-hydrogen) atoms. The molecule has 6 nitrogen and oxygen atoms in total. The van der Waals surface area contributed by atoms with Crippen molar-refractivity contribution in [1.29, 1.82) is 0 Å². The number of amides is 1. The van der Waals surface area contributed by atoms with Crippen LogP contribution in [0.4, 0.5) is 0 Å². The summed E-state index contributed by atoms with van der Waals surface area (Å²) in [5, 5.41) is 4.40. The standard InChI is InChI=1S/C16H23N5O/c1-12-15(13(2)19(3)18-12)9-16(22)20-7-4-5-14(10-20)21-8-6-17-11-21/h6,8,11,14H,4-5,7,9-10H2,1-3H3/t14-/m0/s1. The van der Waals surface area contributed by atoms with Crippen LogP contribution in [0.1, 0.15) is 35.8 Å². The van der Waals surface area contributed by atoms with Gasteiger partial charge in [0.2, 0.25) is 5.91 Å². The first-order valence-corrected chi connectivity index (χ1v) is 7.80. The molecule has 1 amide bonds. The molecule has 0 N–H and O–H groups in total. The summed E-state index contributed by atoms with van der Waals surface area (Å²) in [4.78, 5) is 18.8. The first kappa shape index (κ1) is 14.8. The molecule has 0 unspecified atom stereocenters. The number of nitrogens with zero attached hydrogens (tertiary/aromatic N) is 5. The van der Waals surface area contributed by atoms with Crippen LogP contribution < -0.4 is 0 Å². The summed E-state index contributed by atoms with van der Waals surface area (Å²) >= 11 is 0. The second-order valence-electron chi connectivity index (χ2n) is 6.10. The van der Waals surface area contributed by atoms with Crippen LogP contribution in [0.2, 0.25) is 0 Å². The van der Waals surface area contributed by atoms with Gasteiger partial charge in [-0.1, -0.05) is 0 Å². The fraction of sp³-hybridized carbons (Fsp3) is 0.562. The fourth-order valence-corrected chi connectivity index (χ4v) is 3.25. The molecule has 1 aliphatic rings. The maximum Gasteiger partial charge on any atom is 0.227 e. The number of carbonyl (C=O) groups is 1. The van der Waals surface area contributed by atoms with Crippen molar-refractivity contribution in [2.24, 2.45) is 7.05 Å². The molecule has 0 radical (unpaired) electrons. The Morgan fingerprint density at radius 1 is 1.41 bits per heavy atom. The van der Waals surface area contributed by atoms with Gasteiger partial charge in [-0.15, -0.1) is 0 Å². The van der Waals surface area contributed by atoms with Crippen LogP contribution in [0.15, 0.2) is 18.7 Å². The molecule has 3 rings (SSSR count). The molecule has 0 spiro atoms. The van der Waals surface area contributed by atoms with Crippen molar-refractivity contribution in [1.82, 2.24) is 24.2 Å². The van der Waals surface area contributed by atoms with Crippen LogP contribution in [0.3, 0.4) is 0 Å². The molecule has 0 bridgehead atoms. The molecule has 1 fully saturated rings. The summed E-state index contributed by atoms with van der Waals surface area (Å²) < 4.78 is 3.96. The van der Waals surface area contributed by atoms with Gasteiger partial charge < -0.3 is 9.47 Å². The first-order valence-electron chi connectivity index (χ1n) is 7.80. The molecule has 0 aliphatic carbocycles. The summed E-state index contributed by atoms with van der Waals surface area (Å²) in [5.74, 6) is 0.198. The van der Waals surface area contributed by atoms with Gasteiger partial charge in [0.25, 0.3) is 0 Å². The van der Waals surface area contributed by atoms with Crippen LogP contribution in [0, 0.1) is 13.8 Å². The van der Waals surface area contributed by atoms with Crippen LogP contribution in [0.5, 0.6) is 0 Å². The lowest BCUT2D eigenvalue weighted by Crippen LogP contribution is -2.41. The smallest absolute Gasteiger partial charge is 0.227 e. The predicted octanol–water partition coefficient (Wildman–Crippen LogP) is 1.64. The predicted molar refractivity (Wildman–Crippen MR) is 83.5 cm³/mol. The Morgan fingerprint density at radius 2 is 2.23 bits per heavy atom. The van der Waals surface area contributed by atoms with Gasteiger partial charge in [-0.05, 0) is 26.7 Å². The maximum absolute atomic E-state index is 12.7. The zero-order valence-corrected chi connectivity index (χ0v) is 13.5. The molecule has 3 heterocycles. The highest BCUT2D eigenvalue weighted by atomic mass is 16.2. The summed E-state index contributed by atoms with van der Waals surface area (Å²) in [6.45, 7) is 5.61. The van der Waals surface area contributed by atoms with Crippen LogP contribution in [-0.4, -0.2) is 43.2 Å². The van der Waals surface area contributed by atoms with Crippen LogP contribution in [0.25, 0.3) is 0 Å². The number of rotatable bonds is 3. The molecule has 6 heteroatoms. The monoisotopic (exact) mass is 301 g/mol. The van der Waals surface area contributed by atoms with E-state index in [2.05, 4.69) is 14.6 Å². The molecule has 0 aromatic carbocycles. The number of aryl methyl sites for hydroxylation is 2. The van der Waals surface area contributed by atoms with Gasteiger partial charge in [0.05, 0.1) is 24.5 Å². The van der Waals surface area contributed by atoms with Gasteiger partial charge in [-0.2, -0.15) is 5.10 Å². The molecular formula is C16H23N5O. The van der Waals surface area contributed by atoms with Gasteiger partial charge in [0.1, 0.15) is 0 Å². The Kier molecular flexibility index (Phi) is 4.00. The summed E-state index contributed by atoms with van der Waals surface area (Å²) in [6, 6.07) is 0.344. The molecule has 2 aromatic rings. The second kappa shape index (κ2) is 5.94. The van der Waals surface area contributed by atoms with Gasteiger partial charge in [0, 0.05) is 43.8 Å². The van der Waals surface area contributed by atoms with Crippen LogP contribution in [-0.2, 0) is 18.3 Å². The van der Waals surface area contributed by atoms with Gasteiger partial charge >= 0.3 is 0 Å². The minimum absolute atomic E-state index is 0.198. The third kappa shape index (κ3) is 2.77. The third-order valence-electron chi connectivity index (χ3n) is 4.68. The highest BCUT2D eigenvalue weighted by Crippen LogP contribution is 2.22. The molecule has 0 saturated carbocycles. The van der Waals surface area contributed by atoms with Crippen molar-refractivity contribution in [2.45, 2.75) is 39.2 Å². The zero-order chi connectivity index (χ0) is 15.7. The lowest BCUT2D eigenvalue weighted by Gasteiger charge is -2.33. The van der Waals surface area contributed by atoms with E-state index in [9.17, 15) is 4.79 Å². The average Bonchev–Trinajstić information content (AvgIpc) is 3.12. The number of imidazole rings is 1. The number of hydrogen-bond donors (Lipinski definition) is 0. The maximum atomic E-state index is 12.7. The Balaban J connectivity index is 1.69. The molecule has 118 valence electrons. The summed E-state index contributed by atoms with van der Waals surface area (Å²) in [7, 11) is 1.92. The van der Waals surface area contributed by atoms with E-state index in [1.54, 1.807) is 6.20 Å². The number of aromatic nitrogens is 4. The molecule has 1 atom stereocenters. The van der Waals surface area contributed by atoms with Crippen molar-refractivity contribution in [3.63, 3.8) is 0 Å². The second-order valence-corrected chi connectivity index (χ2v) is 6.10. The quantitative estimate of drug-likeness (QED) is 0.866. The van der Waals surface area contributed by atoms with E-state index in [0.717, 1.165) is 42.9 Å². The normalized spacial score (nSPS) is 18.7. The minimum atomic E-state index is 0.198. The SMILES string of the molecule is Cc1nn(C)c(C)c1CC(=O)N1CCC[C@H](n2ccnc2)C1. The fourth-order valence-electron chi connectivity index (χ4n) is 3.25. The van der Waals surface area contributed by atoms with Crippen molar-refractivity contribution >= 4 is 5.91 Å². The van der Waals surface area contributed by atoms with Gasteiger partial charge in [-0.3, -0.25) is 9.48 Å². The van der Waals surface area contributed by atoms with E-state index < -0.39 is 0 Å². The number of carbonyl (C=O) groups excluding carboxylic acids is 1. The molecular weight excluding hydrogens is 278 g/mol. The zero-order valence-electron chi connectivity index (χ0n) is 13.5. The third-order valence-corrected chi connectivity index (χ3v) is 4.68. The Bertz CT molecular complexity index is 658. The van der Waals surface area contributed by atoms with E-state index >= 15 is 0 Å².